The number of hydrogen-bond acceptors (Lipinski definition) is 2. The summed E-state index contributed by atoms with van der Waals surface area (Å²) >= 11 is 0. The fraction of sp³-hybridized carbons (Fsp3) is 0.267. The highest BCUT2D eigenvalue weighted by atomic mass is 16.2. The van der Waals surface area contributed by atoms with Gasteiger partial charge in [-0.1, -0.05) is 37.3 Å². The number of rotatable bonds is 2. The molecule has 1 unspecified atom stereocenters. The minimum atomic E-state index is 0.404. The first-order valence-electron chi connectivity index (χ1n) is 5.83. The van der Waals surface area contributed by atoms with Crippen LogP contribution in [0.4, 0.5) is 0 Å². The molecule has 0 radical (unpaired) electrons. The van der Waals surface area contributed by atoms with E-state index in [1.807, 2.05) is 30.3 Å². The molecule has 2 heteroatoms. The standard InChI is InChI=1S/C15H16O2/c1-11-7-13(9-16)15(14(8-11)10-17)12-5-3-2-4-6-12/h2-6,9-11,16H,7-8H2,1H3/b13-9+. The minimum absolute atomic E-state index is 0.404. The molecular weight excluding hydrogens is 212 g/mol. The number of aliphatic hydroxyl groups is 1. The number of carbonyl (C=O) groups is 1. The molecule has 1 aromatic rings. The number of carbonyl (C=O) groups excluding carboxylic acids is 1. The van der Waals surface area contributed by atoms with E-state index in [4.69, 9.17) is 0 Å². The van der Waals surface area contributed by atoms with Gasteiger partial charge < -0.3 is 5.11 Å². The quantitative estimate of drug-likeness (QED) is 0.621. The summed E-state index contributed by atoms with van der Waals surface area (Å²) in [5.74, 6) is 0.404. The monoisotopic (exact) mass is 228 g/mol. The Hall–Kier alpha value is -1.83. The Morgan fingerprint density at radius 3 is 2.53 bits per heavy atom. The van der Waals surface area contributed by atoms with E-state index in [0.717, 1.165) is 47.7 Å². The minimum Gasteiger partial charge on any atom is -0.515 e. The Bertz CT molecular complexity index is 469. The van der Waals surface area contributed by atoms with Gasteiger partial charge in [0.2, 0.25) is 0 Å². The molecular formula is C15H16O2. The fourth-order valence-corrected chi connectivity index (χ4v) is 2.43. The van der Waals surface area contributed by atoms with Crippen molar-refractivity contribution >= 4 is 11.9 Å². The summed E-state index contributed by atoms with van der Waals surface area (Å²) in [6.07, 6.45) is 3.66. The van der Waals surface area contributed by atoms with Crippen molar-refractivity contribution in [2.75, 3.05) is 0 Å². The second kappa shape index (κ2) is 5.00. The molecule has 2 rings (SSSR count). The summed E-state index contributed by atoms with van der Waals surface area (Å²) in [5.41, 5.74) is 3.55. The molecule has 1 aliphatic rings. The highest BCUT2D eigenvalue weighted by Crippen LogP contribution is 2.38. The highest BCUT2D eigenvalue weighted by molar-refractivity contribution is 5.95. The summed E-state index contributed by atoms with van der Waals surface area (Å²) in [6.45, 7) is 2.09. The van der Waals surface area contributed by atoms with Crippen LogP contribution in [0.5, 0.6) is 0 Å². The van der Waals surface area contributed by atoms with Crippen LogP contribution < -0.4 is 0 Å². The van der Waals surface area contributed by atoms with Gasteiger partial charge in [0.25, 0.3) is 0 Å². The van der Waals surface area contributed by atoms with Crippen molar-refractivity contribution in [2.24, 2.45) is 5.92 Å². The molecule has 1 aromatic carbocycles. The molecule has 17 heavy (non-hydrogen) atoms. The summed E-state index contributed by atoms with van der Waals surface area (Å²) < 4.78 is 0. The maximum Gasteiger partial charge on any atom is 0.146 e. The van der Waals surface area contributed by atoms with Gasteiger partial charge in [0.15, 0.2) is 0 Å². The van der Waals surface area contributed by atoms with Crippen LogP contribution in [-0.4, -0.2) is 11.4 Å². The first-order chi connectivity index (χ1) is 8.26. The van der Waals surface area contributed by atoms with Crippen molar-refractivity contribution in [3.63, 3.8) is 0 Å². The van der Waals surface area contributed by atoms with Crippen molar-refractivity contribution in [1.82, 2.24) is 0 Å². The van der Waals surface area contributed by atoms with Crippen LogP contribution in [0.1, 0.15) is 25.3 Å². The van der Waals surface area contributed by atoms with Crippen LogP contribution in [0.2, 0.25) is 0 Å². The molecule has 0 saturated carbocycles. The van der Waals surface area contributed by atoms with Crippen LogP contribution in [0.25, 0.3) is 5.57 Å². The van der Waals surface area contributed by atoms with Gasteiger partial charge in [-0.05, 0) is 35.5 Å². The molecule has 0 amide bonds. The third-order valence-electron chi connectivity index (χ3n) is 3.14. The number of allylic oxidation sites excluding steroid dienone is 3. The Kier molecular flexibility index (Phi) is 3.43. The second-order valence-corrected chi connectivity index (χ2v) is 4.55. The van der Waals surface area contributed by atoms with Crippen LogP contribution in [0.15, 0.2) is 47.7 Å². The van der Waals surface area contributed by atoms with Gasteiger partial charge in [-0.3, -0.25) is 4.79 Å². The molecule has 0 aromatic heterocycles. The lowest BCUT2D eigenvalue weighted by molar-refractivity contribution is -0.105. The number of aliphatic hydroxyl groups excluding tert-OH is 1. The van der Waals surface area contributed by atoms with Gasteiger partial charge in [-0.15, -0.1) is 0 Å². The van der Waals surface area contributed by atoms with Crippen LogP contribution in [0.3, 0.4) is 0 Å². The lowest BCUT2D eigenvalue weighted by atomic mass is 9.79. The van der Waals surface area contributed by atoms with E-state index in [9.17, 15) is 9.90 Å². The van der Waals surface area contributed by atoms with Crippen molar-refractivity contribution in [2.45, 2.75) is 19.8 Å². The average Bonchev–Trinajstić information content (AvgIpc) is 2.38. The van der Waals surface area contributed by atoms with Crippen LogP contribution in [0, 0.1) is 5.92 Å². The first-order valence-corrected chi connectivity index (χ1v) is 5.83. The van der Waals surface area contributed by atoms with Gasteiger partial charge in [0.1, 0.15) is 6.29 Å². The third kappa shape index (κ3) is 2.31. The SMILES string of the molecule is CC1CC(C=O)=C(c2ccccc2)/C(=C/O)C1. The average molecular weight is 228 g/mol. The Labute approximate surface area is 101 Å². The van der Waals surface area contributed by atoms with E-state index in [2.05, 4.69) is 6.92 Å². The zero-order chi connectivity index (χ0) is 12.3. The number of benzene rings is 1. The van der Waals surface area contributed by atoms with Crippen LogP contribution in [-0.2, 0) is 4.79 Å². The summed E-state index contributed by atoms with van der Waals surface area (Å²) in [6, 6.07) is 9.77. The molecule has 0 bridgehead atoms. The largest absolute Gasteiger partial charge is 0.515 e. The molecule has 1 aliphatic carbocycles. The van der Waals surface area contributed by atoms with E-state index >= 15 is 0 Å². The normalized spacial score (nSPS) is 22.9. The van der Waals surface area contributed by atoms with E-state index in [1.165, 1.54) is 0 Å². The lowest BCUT2D eigenvalue weighted by Crippen LogP contribution is -2.11. The highest BCUT2D eigenvalue weighted by Gasteiger charge is 2.23. The molecule has 0 heterocycles. The molecule has 1 atom stereocenters. The third-order valence-corrected chi connectivity index (χ3v) is 3.14. The molecule has 2 nitrogen and oxygen atoms in total. The van der Waals surface area contributed by atoms with E-state index in [-0.39, 0.29) is 0 Å². The topological polar surface area (TPSA) is 37.3 Å². The lowest BCUT2D eigenvalue weighted by Gasteiger charge is -2.24. The van der Waals surface area contributed by atoms with Crippen molar-refractivity contribution in [3.05, 3.63) is 53.3 Å². The molecule has 88 valence electrons. The van der Waals surface area contributed by atoms with Gasteiger partial charge >= 0.3 is 0 Å². The molecule has 0 fully saturated rings. The molecule has 0 spiro atoms. The van der Waals surface area contributed by atoms with Crippen molar-refractivity contribution in [3.8, 4) is 0 Å². The van der Waals surface area contributed by atoms with Crippen molar-refractivity contribution < 1.29 is 9.90 Å². The predicted octanol–water partition coefficient (Wildman–Crippen LogP) is 3.51. The Morgan fingerprint density at radius 1 is 1.24 bits per heavy atom. The molecule has 1 N–H and O–H groups in total. The van der Waals surface area contributed by atoms with Gasteiger partial charge in [-0.25, -0.2) is 0 Å². The molecule has 0 aliphatic heterocycles. The van der Waals surface area contributed by atoms with E-state index in [0.29, 0.717) is 5.92 Å². The van der Waals surface area contributed by atoms with E-state index in [1.54, 1.807) is 0 Å². The first kappa shape index (κ1) is 11.6. The zero-order valence-electron chi connectivity index (χ0n) is 9.89. The van der Waals surface area contributed by atoms with Crippen molar-refractivity contribution in [1.29, 1.82) is 0 Å². The van der Waals surface area contributed by atoms with Crippen LogP contribution >= 0.6 is 0 Å². The summed E-state index contributed by atoms with van der Waals surface area (Å²) in [5, 5.41) is 9.34. The smallest absolute Gasteiger partial charge is 0.146 e. The predicted molar refractivity (Wildman–Crippen MR) is 68.5 cm³/mol. The summed E-state index contributed by atoms with van der Waals surface area (Å²) in [4.78, 5) is 11.2. The van der Waals surface area contributed by atoms with Gasteiger partial charge in [-0.2, -0.15) is 0 Å². The zero-order valence-corrected chi connectivity index (χ0v) is 9.89. The number of hydrogen-bond donors (Lipinski definition) is 1. The maximum absolute atomic E-state index is 11.2. The second-order valence-electron chi connectivity index (χ2n) is 4.55. The van der Waals surface area contributed by atoms with Gasteiger partial charge in [0, 0.05) is 5.57 Å². The molecule has 0 saturated heterocycles. The Balaban J connectivity index is 2.56. The fourth-order valence-electron chi connectivity index (χ4n) is 2.43. The summed E-state index contributed by atoms with van der Waals surface area (Å²) in [7, 11) is 0. The Morgan fingerprint density at radius 2 is 1.94 bits per heavy atom. The number of aldehydes is 1. The van der Waals surface area contributed by atoms with E-state index < -0.39 is 0 Å². The van der Waals surface area contributed by atoms with Gasteiger partial charge in [0.05, 0.1) is 6.26 Å². The maximum atomic E-state index is 11.2.